The Morgan fingerprint density at radius 2 is 1.49 bits per heavy atom. The summed E-state index contributed by atoms with van der Waals surface area (Å²) in [7, 11) is 0. The van der Waals surface area contributed by atoms with E-state index in [2.05, 4.69) is 34.9 Å². The Hall–Kier alpha value is -4.17. The van der Waals surface area contributed by atoms with Crippen molar-refractivity contribution in [2.24, 2.45) is 0 Å². The van der Waals surface area contributed by atoms with Crippen LogP contribution in [-0.2, 0) is 25.7 Å². The van der Waals surface area contributed by atoms with E-state index in [9.17, 15) is 19.5 Å². The van der Waals surface area contributed by atoms with E-state index < -0.39 is 36.2 Å². The summed E-state index contributed by atoms with van der Waals surface area (Å²) in [4.78, 5) is 37.7. The Morgan fingerprint density at radius 3 is 2.10 bits per heavy atom. The number of unbranched alkanes of at least 4 members (excludes halogenated alkanes) is 1. The molecule has 0 fully saturated rings. The Balaban J connectivity index is 1.32. The molecule has 0 bridgehead atoms. The van der Waals surface area contributed by atoms with E-state index in [1.54, 1.807) is 6.92 Å². The van der Waals surface area contributed by atoms with Crippen LogP contribution in [0.25, 0.3) is 11.1 Å². The van der Waals surface area contributed by atoms with Crippen molar-refractivity contribution in [3.8, 4) is 11.1 Å². The molecular weight excluding hydrogens is 520 g/mol. The molecule has 0 saturated carbocycles. The maximum Gasteiger partial charge on any atom is 0.407 e. The van der Waals surface area contributed by atoms with Crippen LogP contribution in [0.1, 0.15) is 62.1 Å². The summed E-state index contributed by atoms with van der Waals surface area (Å²) in [5.74, 6) is -1.74. The van der Waals surface area contributed by atoms with Gasteiger partial charge in [0.2, 0.25) is 5.91 Å². The van der Waals surface area contributed by atoms with Gasteiger partial charge in [-0.15, -0.1) is 0 Å². The lowest BCUT2D eigenvalue weighted by molar-refractivity contribution is -0.146. The quantitative estimate of drug-likeness (QED) is 0.236. The summed E-state index contributed by atoms with van der Waals surface area (Å²) in [5, 5.41) is 15.1. The van der Waals surface area contributed by atoms with Gasteiger partial charge in [0.25, 0.3) is 0 Å². The van der Waals surface area contributed by atoms with Gasteiger partial charge in [0, 0.05) is 18.4 Å². The smallest absolute Gasteiger partial charge is 0.407 e. The number of amides is 2. The lowest BCUT2D eigenvalue weighted by Crippen LogP contribution is -2.50. The van der Waals surface area contributed by atoms with Crippen molar-refractivity contribution in [2.75, 3.05) is 6.61 Å². The van der Waals surface area contributed by atoms with Gasteiger partial charge in [0.15, 0.2) is 6.04 Å². The van der Waals surface area contributed by atoms with Crippen LogP contribution in [0.15, 0.2) is 78.9 Å². The van der Waals surface area contributed by atoms with Gasteiger partial charge >= 0.3 is 12.1 Å². The predicted molar refractivity (Wildman–Crippen MR) is 156 cm³/mol. The first kappa shape index (κ1) is 29.8. The molecule has 216 valence electrons. The number of carbonyl (C=O) groups excluding carboxylic acids is 2. The van der Waals surface area contributed by atoms with E-state index in [-0.39, 0.29) is 25.6 Å². The van der Waals surface area contributed by atoms with Crippen LogP contribution in [0.2, 0.25) is 0 Å². The molecular formula is C33H38N2O6. The molecule has 1 aliphatic carbocycles. The average molecular weight is 559 g/mol. The monoisotopic (exact) mass is 558 g/mol. The highest BCUT2D eigenvalue weighted by Crippen LogP contribution is 2.44. The first-order valence-electron chi connectivity index (χ1n) is 14.2. The van der Waals surface area contributed by atoms with Crippen LogP contribution in [0.5, 0.6) is 0 Å². The molecule has 0 aromatic heterocycles. The minimum Gasteiger partial charge on any atom is -0.480 e. The molecule has 0 aliphatic heterocycles. The summed E-state index contributed by atoms with van der Waals surface area (Å²) in [5.41, 5.74) is 5.43. The first-order chi connectivity index (χ1) is 19.9. The van der Waals surface area contributed by atoms with Crippen LogP contribution < -0.4 is 10.6 Å². The Bertz CT molecular complexity index is 1280. The van der Waals surface area contributed by atoms with Crippen LogP contribution in [-0.4, -0.2) is 47.9 Å². The number of hydrogen-bond donors (Lipinski definition) is 3. The summed E-state index contributed by atoms with van der Waals surface area (Å²) in [6.45, 7) is 4.04. The number of ether oxygens (including phenoxy) is 2. The number of carbonyl (C=O) groups is 3. The zero-order valence-electron chi connectivity index (χ0n) is 23.5. The number of alkyl carbamates (subject to hydrolysis) is 1. The second kappa shape index (κ2) is 14.5. The van der Waals surface area contributed by atoms with E-state index in [1.807, 2.05) is 61.5 Å². The fraction of sp³-hybridized carbons (Fsp3) is 0.364. The fourth-order valence-electron chi connectivity index (χ4n) is 5.22. The number of fused-ring (bicyclic) bond motifs is 3. The number of nitrogens with one attached hydrogen (secondary N) is 2. The molecule has 1 aliphatic rings. The fourth-order valence-corrected chi connectivity index (χ4v) is 5.22. The second-order valence-corrected chi connectivity index (χ2v) is 10.4. The normalized spacial score (nSPS) is 14.3. The van der Waals surface area contributed by atoms with Gasteiger partial charge in [-0.1, -0.05) is 98.6 Å². The Morgan fingerprint density at radius 1 is 0.878 bits per heavy atom. The Kier molecular flexibility index (Phi) is 10.5. The van der Waals surface area contributed by atoms with Crippen molar-refractivity contribution in [1.82, 2.24) is 10.6 Å². The summed E-state index contributed by atoms with van der Waals surface area (Å²) >= 11 is 0. The third-order valence-electron chi connectivity index (χ3n) is 7.41. The summed E-state index contributed by atoms with van der Waals surface area (Å²) < 4.78 is 11.4. The van der Waals surface area contributed by atoms with Crippen molar-refractivity contribution in [3.05, 3.63) is 95.6 Å². The van der Waals surface area contributed by atoms with Crippen molar-refractivity contribution in [2.45, 2.75) is 70.2 Å². The zero-order chi connectivity index (χ0) is 29.2. The third-order valence-corrected chi connectivity index (χ3v) is 7.41. The second-order valence-electron chi connectivity index (χ2n) is 10.4. The topological polar surface area (TPSA) is 114 Å². The number of hydrogen-bond acceptors (Lipinski definition) is 5. The van der Waals surface area contributed by atoms with Crippen molar-refractivity contribution < 1.29 is 29.0 Å². The maximum atomic E-state index is 12.9. The zero-order valence-corrected chi connectivity index (χ0v) is 23.5. The molecule has 0 heterocycles. The number of carboxylic acid groups (broad SMARTS) is 1. The molecule has 0 saturated heterocycles. The van der Waals surface area contributed by atoms with Gasteiger partial charge in [0.05, 0.1) is 12.7 Å². The predicted octanol–water partition coefficient (Wildman–Crippen LogP) is 5.65. The molecule has 3 N–H and O–H groups in total. The van der Waals surface area contributed by atoms with E-state index in [0.717, 1.165) is 40.7 Å². The van der Waals surface area contributed by atoms with Gasteiger partial charge in [-0.25, -0.2) is 9.59 Å². The average Bonchev–Trinajstić information content (AvgIpc) is 3.30. The van der Waals surface area contributed by atoms with Crippen LogP contribution in [0.3, 0.4) is 0 Å². The molecule has 0 unspecified atom stereocenters. The van der Waals surface area contributed by atoms with Gasteiger partial charge in [-0.3, -0.25) is 4.79 Å². The standard InChI is InChI=1S/C33H38N2O6/c1-3-4-14-24(19-30(36)35-31(32(37)38)22(2)40-20-23-12-6-5-7-13-23)34-33(39)41-21-29-27-17-10-8-15-25(27)26-16-9-11-18-28(26)29/h5-13,15-18,22,24,29,31H,3-4,14,19-21H2,1-2H3,(H,34,39)(H,35,36)(H,37,38)/t22-,24-,31+/m0/s1. The molecule has 0 spiro atoms. The minimum absolute atomic E-state index is 0.0701. The van der Waals surface area contributed by atoms with E-state index >= 15 is 0 Å². The highest BCUT2D eigenvalue weighted by Gasteiger charge is 2.30. The number of aliphatic carboxylic acids is 1. The number of benzene rings is 3. The number of carboxylic acids is 1. The maximum absolute atomic E-state index is 12.9. The number of rotatable bonds is 14. The van der Waals surface area contributed by atoms with Crippen molar-refractivity contribution >= 4 is 18.0 Å². The van der Waals surface area contributed by atoms with E-state index in [4.69, 9.17) is 9.47 Å². The largest absolute Gasteiger partial charge is 0.480 e. The molecule has 8 heteroatoms. The molecule has 4 rings (SSSR count). The van der Waals surface area contributed by atoms with Crippen LogP contribution >= 0.6 is 0 Å². The van der Waals surface area contributed by atoms with Crippen LogP contribution in [0, 0.1) is 0 Å². The van der Waals surface area contributed by atoms with E-state index in [1.165, 1.54) is 0 Å². The molecule has 3 aromatic carbocycles. The highest BCUT2D eigenvalue weighted by atomic mass is 16.5. The molecule has 8 nitrogen and oxygen atoms in total. The molecule has 2 amide bonds. The molecule has 41 heavy (non-hydrogen) atoms. The lowest BCUT2D eigenvalue weighted by atomic mass is 9.98. The minimum atomic E-state index is -1.23. The van der Waals surface area contributed by atoms with Crippen molar-refractivity contribution in [3.63, 3.8) is 0 Å². The first-order valence-corrected chi connectivity index (χ1v) is 14.2. The molecule has 3 aromatic rings. The van der Waals surface area contributed by atoms with Gasteiger partial charge in [0.1, 0.15) is 6.61 Å². The van der Waals surface area contributed by atoms with Gasteiger partial charge in [-0.05, 0) is 41.2 Å². The highest BCUT2D eigenvalue weighted by molar-refractivity contribution is 5.84. The Labute approximate surface area is 241 Å². The van der Waals surface area contributed by atoms with E-state index in [0.29, 0.717) is 6.42 Å². The summed E-state index contributed by atoms with van der Waals surface area (Å²) in [6, 6.07) is 23.9. The lowest BCUT2D eigenvalue weighted by Gasteiger charge is -2.24. The third kappa shape index (κ3) is 7.95. The van der Waals surface area contributed by atoms with Gasteiger partial charge in [-0.2, -0.15) is 0 Å². The SMILES string of the molecule is CCCC[C@@H](CC(=O)N[C@@H](C(=O)O)[C@H](C)OCc1ccccc1)NC(=O)OCC1c2ccccc2-c2ccccc21. The van der Waals surface area contributed by atoms with Crippen LogP contribution in [0.4, 0.5) is 4.79 Å². The molecule has 3 atom stereocenters. The molecule has 0 radical (unpaired) electrons. The van der Waals surface area contributed by atoms with Gasteiger partial charge < -0.3 is 25.2 Å². The summed E-state index contributed by atoms with van der Waals surface area (Å²) in [6.07, 6.45) is 0.800. The van der Waals surface area contributed by atoms with Crippen molar-refractivity contribution in [1.29, 1.82) is 0 Å².